The summed E-state index contributed by atoms with van der Waals surface area (Å²) in [5.41, 5.74) is -0.621. The highest BCUT2D eigenvalue weighted by Gasteiger charge is 2.18. The normalized spacial score (nSPS) is 10.6. The summed E-state index contributed by atoms with van der Waals surface area (Å²) >= 11 is 0. The largest absolute Gasteiger partial charge is 0.384 e. The monoisotopic (exact) mass is 208 g/mol. The number of methoxy groups -OCH3 is 1. The first kappa shape index (κ1) is 11.0. The number of benzene rings is 1. The molecule has 0 aromatic heterocycles. The van der Waals surface area contributed by atoms with Crippen LogP contribution >= 0.6 is 0 Å². The van der Waals surface area contributed by atoms with E-state index in [1.165, 1.54) is 7.11 Å². The van der Waals surface area contributed by atoms with Crippen molar-refractivity contribution in [1.29, 1.82) is 0 Å². The van der Waals surface area contributed by atoms with E-state index in [1.54, 1.807) is 0 Å². The molecule has 0 amide bonds. The van der Waals surface area contributed by atoms with E-state index in [2.05, 4.69) is 4.74 Å². The van der Waals surface area contributed by atoms with Gasteiger partial charge in [0, 0.05) is 25.2 Å². The molecule has 0 N–H and O–H groups in total. The second-order valence-corrected chi connectivity index (χ2v) is 2.69. The molecule has 0 unspecified atom stereocenters. The quantitative estimate of drug-likeness (QED) is 0.547. The van der Waals surface area contributed by atoms with E-state index in [4.69, 9.17) is 0 Å². The van der Waals surface area contributed by atoms with Crippen LogP contribution in [0.3, 0.4) is 0 Å². The third-order valence-corrected chi connectivity index (χ3v) is 1.76. The highest BCUT2D eigenvalue weighted by molar-refractivity contribution is 5.22. The standard InChI is InChI=1S/C9H8F4O/c1-14-3-2-5-8(12)6(10)4-7(11)9(5)13/h4H,2-3H2,1H3. The zero-order valence-corrected chi connectivity index (χ0v) is 7.41. The Morgan fingerprint density at radius 3 is 2.00 bits per heavy atom. The first-order chi connectivity index (χ1) is 6.57. The molecular formula is C9H8F4O. The van der Waals surface area contributed by atoms with Crippen LogP contribution in [-0.2, 0) is 11.2 Å². The number of halogens is 4. The van der Waals surface area contributed by atoms with Gasteiger partial charge in [-0.15, -0.1) is 0 Å². The maximum absolute atomic E-state index is 12.9. The highest BCUT2D eigenvalue weighted by Crippen LogP contribution is 2.19. The lowest BCUT2D eigenvalue weighted by atomic mass is 10.1. The summed E-state index contributed by atoms with van der Waals surface area (Å²) in [4.78, 5) is 0. The molecule has 1 aromatic rings. The zero-order valence-electron chi connectivity index (χ0n) is 7.41. The molecular weight excluding hydrogens is 200 g/mol. The van der Waals surface area contributed by atoms with Crippen molar-refractivity contribution in [3.05, 3.63) is 34.9 Å². The SMILES string of the molecule is COCCc1c(F)c(F)cc(F)c1F. The smallest absolute Gasteiger partial charge is 0.165 e. The van der Waals surface area contributed by atoms with Gasteiger partial charge in [0.25, 0.3) is 0 Å². The van der Waals surface area contributed by atoms with Gasteiger partial charge in [0.15, 0.2) is 23.3 Å². The average Bonchev–Trinajstić information content (AvgIpc) is 2.15. The van der Waals surface area contributed by atoms with Gasteiger partial charge in [-0.2, -0.15) is 0 Å². The Kier molecular flexibility index (Phi) is 3.46. The average molecular weight is 208 g/mol. The zero-order chi connectivity index (χ0) is 10.7. The van der Waals surface area contributed by atoms with Crippen LogP contribution in [0.4, 0.5) is 17.6 Å². The molecule has 0 aliphatic rings. The minimum atomic E-state index is -1.39. The Labute approximate surface area is 78.3 Å². The lowest BCUT2D eigenvalue weighted by molar-refractivity contribution is 0.199. The molecule has 78 valence electrons. The number of ether oxygens (including phenoxy) is 1. The van der Waals surface area contributed by atoms with Crippen molar-refractivity contribution in [3.8, 4) is 0 Å². The Morgan fingerprint density at radius 2 is 1.57 bits per heavy atom. The molecule has 0 heterocycles. The number of hydrogen-bond donors (Lipinski definition) is 0. The van der Waals surface area contributed by atoms with E-state index in [0.29, 0.717) is 0 Å². The van der Waals surface area contributed by atoms with Crippen LogP contribution in [0.2, 0.25) is 0 Å². The van der Waals surface area contributed by atoms with Crippen LogP contribution < -0.4 is 0 Å². The molecule has 0 radical (unpaired) electrons. The van der Waals surface area contributed by atoms with Crippen molar-refractivity contribution in [2.75, 3.05) is 13.7 Å². The van der Waals surface area contributed by atoms with Crippen LogP contribution in [0.5, 0.6) is 0 Å². The van der Waals surface area contributed by atoms with Gasteiger partial charge < -0.3 is 4.74 Å². The van der Waals surface area contributed by atoms with Gasteiger partial charge in [0.2, 0.25) is 0 Å². The van der Waals surface area contributed by atoms with Crippen molar-refractivity contribution in [3.63, 3.8) is 0 Å². The Bertz CT molecular complexity index is 312. The van der Waals surface area contributed by atoms with Gasteiger partial charge in [0.05, 0.1) is 6.61 Å². The third-order valence-electron chi connectivity index (χ3n) is 1.76. The first-order valence-corrected chi connectivity index (χ1v) is 3.88. The summed E-state index contributed by atoms with van der Waals surface area (Å²) in [5, 5.41) is 0. The van der Waals surface area contributed by atoms with Crippen LogP contribution in [0, 0.1) is 23.3 Å². The molecule has 0 spiro atoms. The summed E-state index contributed by atoms with van der Waals surface area (Å²) < 4.78 is 55.7. The lowest BCUT2D eigenvalue weighted by Gasteiger charge is -2.05. The molecule has 0 fully saturated rings. The predicted molar refractivity (Wildman–Crippen MR) is 41.9 cm³/mol. The van der Waals surface area contributed by atoms with E-state index in [1.807, 2.05) is 0 Å². The number of rotatable bonds is 3. The topological polar surface area (TPSA) is 9.23 Å². The van der Waals surface area contributed by atoms with Crippen molar-refractivity contribution >= 4 is 0 Å². The Balaban J connectivity index is 3.11. The van der Waals surface area contributed by atoms with Crippen molar-refractivity contribution in [1.82, 2.24) is 0 Å². The minimum absolute atomic E-state index is 0.00324. The molecule has 0 aliphatic carbocycles. The fourth-order valence-corrected chi connectivity index (χ4v) is 1.05. The van der Waals surface area contributed by atoms with E-state index in [-0.39, 0.29) is 19.1 Å². The summed E-state index contributed by atoms with van der Waals surface area (Å²) in [6.07, 6.45) is -0.206. The van der Waals surface area contributed by atoms with Crippen LogP contribution in [0.15, 0.2) is 6.07 Å². The van der Waals surface area contributed by atoms with Crippen LogP contribution in [0.1, 0.15) is 5.56 Å². The van der Waals surface area contributed by atoms with E-state index < -0.39 is 28.8 Å². The van der Waals surface area contributed by atoms with Crippen LogP contribution in [-0.4, -0.2) is 13.7 Å². The summed E-state index contributed by atoms with van der Waals surface area (Å²) in [7, 11) is 1.32. The summed E-state index contributed by atoms with van der Waals surface area (Å²) in [6, 6.07) is 0.182. The van der Waals surface area contributed by atoms with Gasteiger partial charge in [-0.25, -0.2) is 17.6 Å². The van der Waals surface area contributed by atoms with Gasteiger partial charge in [-0.3, -0.25) is 0 Å². The molecule has 1 aromatic carbocycles. The second-order valence-electron chi connectivity index (χ2n) is 2.69. The first-order valence-electron chi connectivity index (χ1n) is 3.88. The van der Waals surface area contributed by atoms with Gasteiger partial charge in [-0.1, -0.05) is 0 Å². The number of hydrogen-bond acceptors (Lipinski definition) is 1. The fourth-order valence-electron chi connectivity index (χ4n) is 1.05. The Morgan fingerprint density at radius 1 is 1.07 bits per heavy atom. The second kappa shape index (κ2) is 4.41. The van der Waals surface area contributed by atoms with Crippen LogP contribution in [0.25, 0.3) is 0 Å². The molecule has 1 nitrogen and oxygen atoms in total. The molecule has 0 aliphatic heterocycles. The fraction of sp³-hybridized carbons (Fsp3) is 0.333. The Hall–Kier alpha value is -1.10. The van der Waals surface area contributed by atoms with Crippen molar-refractivity contribution in [2.24, 2.45) is 0 Å². The molecule has 0 saturated carbocycles. The summed E-state index contributed by atoms with van der Waals surface area (Å²) in [5.74, 6) is -5.51. The third kappa shape index (κ3) is 2.04. The molecule has 5 heteroatoms. The van der Waals surface area contributed by atoms with Gasteiger partial charge in [0.1, 0.15) is 0 Å². The summed E-state index contributed by atoms with van der Waals surface area (Å²) in [6.45, 7) is -0.00324. The van der Waals surface area contributed by atoms with E-state index in [0.717, 1.165) is 0 Å². The van der Waals surface area contributed by atoms with E-state index >= 15 is 0 Å². The minimum Gasteiger partial charge on any atom is -0.384 e. The maximum Gasteiger partial charge on any atom is 0.165 e. The van der Waals surface area contributed by atoms with Crippen molar-refractivity contribution < 1.29 is 22.3 Å². The molecule has 0 atom stereocenters. The predicted octanol–water partition coefficient (Wildman–Crippen LogP) is 2.43. The van der Waals surface area contributed by atoms with E-state index in [9.17, 15) is 17.6 Å². The highest BCUT2D eigenvalue weighted by atomic mass is 19.2. The lowest BCUT2D eigenvalue weighted by Crippen LogP contribution is -2.05. The van der Waals surface area contributed by atoms with Gasteiger partial charge in [-0.05, 0) is 0 Å². The molecule has 1 rings (SSSR count). The van der Waals surface area contributed by atoms with Crippen molar-refractivity contribution in [2.45, 2.75) is 6.42 Å². The maximum atomic E-state index is 12.9. The molecule has 14 heavy (non-hydrogen) atoms. The van der Waals surface area contributed by atoms with Gasteiger partial charge >= 0.3 is 0 Å². The molecule has 0 saturated heterocycles. The molecule has 0 bridgehead atoms.